The quantitative estimate of drug-likeness (QED) is 0.754. The topological polar surface area (TPSA) is 74.8 Å². The lowest BCUT2D eigenvalue weighted by molar-refractivity contribution is -0.122. The van der Waals surface area contributed by atoms with Crippen LogP contribution in [0.15, 0.2) is 42.5 Å². The molecule has 0 saturated carbocycles. The normalized spacial score (nSPS) is 17.6. The predicted molar refractivity (Wildman–Crippen MR) is 74.4 cm³/mol. The lowest BCUT2D eigenvalue weighted by Crippen LogP contribution is -2.35. The van der Waals surface area contributed by atoms with Gasteiger partial charge in [-0.15, -0.1) is 0 Å². The maximum Gasteiger partial charge on any atom is 0.258 e. The highest BCUT2D eigenvalue weighted by Crippen LogP contribution is 2.35. The fourth-order valence-corrected chi connectivity index (χ4v) is 2.37. The molecule has 2 aliphatic heterocycles. The molecule has 0 saturated heterocycles. The molecule has 0 aromatic heterocycles. The van der Waals surface area contributed by atoms with Gasteiger partial charge in [-0.1, -0.05) is 12.1 Å². The van der Waals surface area contributed by atoms with E-state index in [0.29, 0.717) is 5.56 Å². The summed E-state index contributed by atoms with van der Waals surface area (Å²) in [6, 6.07) is 4.89. The van der Waals surface area contributed by atoms with Gasteiger partial charge in [0.15, 0.2) is 0 Å². The minimum Gasteiger partial charge on any atom is -0.269 e. The van der Waals surface area contributed by atoms with Crippen molar-refractivity contribution < 1.29 is 19.2 Å². The predicted octanol–water partition coefficient (Wildman–Crippen LogP) is 0.854. The first kappa shape index (κ1) is 13.0. The third-order valence-corrected chi connectivity index (χ3v) is 3.30. The Morgan fingerprint density at radius 3 is 1.71 bits per heavy atom. The third kappa shape index (κ3) is 1.88. The summed E-state index contributed by atoms with van der Waals surface area (Å²) in [7, 11) is 0. The molecular weight excluding hydrogens is 272 g/mol. The van der Waals surface area contributed by atoms with Crippen molar-refractivity contribution in [3.05, 3.63) is 48.1 Å². The summed E-state index contributed by atoms with van der Waals surface area (Å²) in [5.74, 6) is -2.00. The second-order valence-electron chi connectivity index (χ2n) is 4.63. The van der Waals surface area contributed by atoms with Gasteiger partial charge in [0.2, 0.25) is 0 Å². The SMILES string of the molecule is Cc1cccc(N2C(=O)C=CC2=O)c1N1C(=O)C=CC1=O. The number of para-hydroxylation sites is 1. The minimum atomic E-state index is -0.501. The first-order chi connectivity index (χ1) is 10.0. The van der Waals surface area contributed by atoms with Gasteiger partial charge in [0.1, 0.15) is 0 Å². The van der Waals surface area contributed by atoms with Crippen LogP contribution < -0.4 is 9.80 Å². The number of carbonyl (C=O) groups is 4. The maximum absolute atomic E-state index is 11.9. The molecule has 0 radical (unpaired) electrons. The molecule has 1 aromatic rings. The van der Waals surface area contributed by atoms with Gasteiger partial charge in [-0.25, -0.2) is 9.80 Å². The molecule has 1 aromatic carbocycles. The second kappa shape index (κ2) is 4.52. The van der Waals surface area contributed by atoms with E-state index in [1.807, 2.05) is 0 Å². The van der Waals surface area contributed by atoms with Gasteiger partial charge in [-0.3, -0.25) is 19.2 Å². The van der Waals surface area contributed by atoms with Crippen molar-refractivity contribution in [3.63, 3.8) is 0 Å². The summed E-state index contributed by atoms with van der Waals surface area (Å²) in [4.78, 5) is 49.4. The average Bonchev–Trinajstić information content (AvgIpc) is 2.94. The summed E-state index contributed by atoms with van der Waals surface area (Å²) in [5, 5.41) is 0. The second-order valence-corrected chi connectivity index (χ2v) is 4.63. The molecule has 0 bridgehead atoms. The molecule has 21 heavy (non-hydrogen) atoms. The van der Waals surface area contributed by atoms with Crippen LogP contribution in [0.4, 0.5) is 11.4 Å². The van der Waals surface area contributed by atoms with Crippen molar-refractivity contribution >= 4 is 35.0 Å². The Kier molecular flexibility index (Phi) is 2.79. The van der Waals surface area contributed by atoms with Gasteiger partial charge >= 0.3 is 0 Å². The van der Waals surface area contributed by atoms with E-state index >= 15 is 0 Å². The Hall–Kier alpha value is -3.02. The molecular formula is C15H10N2O4. The number of amides is 4. The number of hydrogen-bond donors (Lipinski definition) is 0. The monoisotopic (exact) mass is 282 g/mol. The van der Waals surface area contributed by atoms with Crippen LogP contribution in [0, 0.1) is 6.92 Å². The van der Waals surface area contributed by atoms with E-state index in [1.165, 1.54) is 6.07 Å². The highest BCUT2D eigenvalue weighted by molar-refractivity contribution is 6.33. The summed E-state index contributed by atoms with van der Waals surface area (Å²) in [5.41, 5.74) is 1.09. The van der Waals surface area contributed by atoms with Crippen LogP contribution in [0.1, 0.15) is 5.56 Å². The molecule has 0 spiro atoms. The number of carbonyl (C=O) groups excluding carboxylic acids is 4. The van der Waals surface area contributed by atoms with Crippen molar-refractivity contribution in [2.75, 3.05) is 9.80 Å². The largest absolute Gasteiger partial charge is 0.269 e. The molecule has 3 rings (SSSR count). The fraction of sp³-hybridized carbons (Fsp3) is 0.0667. The van der Waals surface area contributed by atoms with Crippen LogP contribution in [0.3, 0.4) is 0 Å². The van der Waals surface area contributed by atoms with Gasteiger partial charge in [0.25, 0.3) is 23.6 Å². The highest BCUT2D eigenvalue weighted by Gasteiger charge is 2.34. The van der Waals surface area contributed by atoms with Crippen LogP contribution in [-0.4, -0.2) is 23.6 Å². The molecule has 0 aliphatic carbocycles. The number of nitrogens with zero attached hydrogens (tertiary/aromatic N) is 2. The van der Waals surface area contributed by atoms with Gasteiger partial charge in [0.05, 0.1) is 11.4 Å². The fourth-order valence-electron chi connectivity index (χ4n) is 2.37. The molecule has 2 heterocycles. The van der Waals surface area contributed by atoms with E-state index in [1.54, 1.807) is 19.1 Å². The lowest BCUT2D eigenvalue weighted by atomic mass is 10.1. The van der Waals surface area contributed by atoms with E-state index in [-0.39, 0.29) is 11.4 Å². The number of anilines is 2. The van der Waals surface area contributed by atoms with E-state index < -0.39 is 23.6 Å². The number of benzene rings is 1. The van der Waals surface area contributed by atoms with Crippen molar-refractivity contribution in [1.29, 1.82) is 0 Å². The maximum atomic E-state index is 11.9. The summed E-state index contributed by atoms with van der Waals surface area (Å²) >= 11 is 0. The van der Waals surface area contributed by atoms with Crippen molar-refractivity contribution in [2.45, 2.75) is 6.92 Å². The minimum absolute atomic E-state index is 0.223. The van der Waals surface area contributed by atoms with Gasteiger partial charge < -0.3 is 0 Å². The standard InChI is InChI=1S/C15H10N2O4/c1-9-3-2-4-10(16-11(18)5-6-12(16)19)15(9)17-13(20)7-8-14(17)21/h2-8H,1H3. The van der Waals surface area contributed by atoms with Crippen LogP contribution in [-0.2, 0) is 19.2 Å². The summed E-state index contributed by atoms with van der Waals surface area (Å²) in [6.45, 7) is 1.70. The molecule has 4 amide bonds. The van der Waals surface area contributed by atoms with E-state index in [9.17, 15) is 19.2 Å². The van der Waals surface area contributed by atoms with E-state index in [4.69, 9.17) is 0 Å². The Balaban J connectivity index is 2.17. The molecule has 104 valence electrons. The summed E-state index contributed by atoms with van der Waals surface area (Å²) < 4.78 is 0. The number of rotatable bonds is 2. The van der Waals surface area contributed by atoms with Crippen molar-refractivity contribution in [1.82, 2.24) is 0 Å². The Morgan fingerprint density at radius 1 is 0.714 bits per heavy atom. The van der Waals surface area contributed by atoms with Gasteiger partial charge in [-0.2, -0.15) is 0 Å². The number of hydrogen-bond acceptors (Lipinski definition) is 4. The van der Waals surface area contributed by atoms with Gasteiger partial charge in [-0.05, 0) is 18.6 Å². The molecule has 2 aliphatic rings. The molecule has 0 unspecified atom stereocenters. The van der Waals surface area contributed by atoms with Crippen molar-refractivity contribution in [3.8, 4) is 0 Å². The zero-order chi connectivity index (χ0) is 15.1. The zero-order valence-electron chi connectivity index (χ0n) is 11.1. The van der Waals surface area contributed by atoms with Crippen LogP contribution in [0.2, 0.25) is 0 Å². The average molecular weight is 282 g/mol. The molecule has 0 fully saturated rings. The highest BCUT2D eigenvalue weighted by atomic mass is 16.2. The Bertz CT molecular complexity index is 725. The van der Waals surface area contributed by atoms with Crippen molar-refractivity contribution in [2.24, 2.45) is 0 Å². The van der Waals surface area contributed by atoms with E-state index in [0.717, 1.165) is 34.1 Å². The molecule has 6 nitrogen and oxygen atoms in total. The Morgan fingerprint density at radius 2 is 1.19 bits per heavy atom. The molecule has 6 heteroatoms. The third-order valence-electron chi connectivity index (χ3n) is 3.30. The summed E-state index contributed by atoms with van der Waals surface area (Å²) in [6.07, 6.45) is 4.62. The zero-order valence-corrected chi connectivity index (χ0v) is 11.1. The van der Waals surface area contributed by atoms with Gasteiger partial charge in [0, 0.05) is 24.3 Å². The lowest BCUT2D eigenvalue weighted by Gasteiger charge is -2.24. The van der Waals surface area contributed by atoms with E-state index in [2.05, 4.69) is 0 Å². The smallest absolute Gasteiger partial charge is 0.258 e. The first-order valence-corrected chi connectivity index (χ1v) is 6.22. The molecule has 0 N–H and O–H groups in total. The van der Waals surface area contributed by atoms with Crippen LogP contribution >= 0.6 is 0 Å². The Labute approximate surface area is 119 Å². The molecule has 0 atom stereocenters. The number of imide groups is 2. The number of aryl methyl sites for hydroxylation is 1. The first-order valence-electron chi connectivity index (χ1n) is 6.22. The van der Waals surface area contributed by atoms with Crippen LogP contribution in [0.25, 0.3) is 0 Å². The van der Waals surface area contributed by atoms with Crippen LogP contribution in [0.5, 0.6) is 0 Å².